The van der Waals surface area contributed by atoms with E-state index in [0.29, 0.717) is 12.1 Å². The summed E-state index contributed by atoms with van der Waals surface area (Å²) in [5.41, 5.74) is 0. The number of furan rings is 1. The van der Waals surface area contributed by atoms with Crippen molar-refractivity contribution in [3.63, 3.8) is 0 Å². The normalized spacial score (nSPS) is 27.1. The molecule has 2 aliphatic heterocycles. The van der Waals surface area contributed by atoms with Crippen molar-refractivity contribution in [1.29, 1.82) is 0 Å². The second-order valence-corrected chi connectivity index (χ2v) is 7.02. The van der Waals surface area contributed by atoms with Crippen molar-refractivity contribution in [2.24, 2.45) is 5.92 Å². The zero-order chi connectivity index (χ0) is 15.4. The van der Waals surface area contributed by atoms with E-state index in [1.54, 1.807) is 0 Å². The van der Waals surface area contributed by atoms with Crippen molar-refractivity contribution in [3.05, 3.63) is 24.2 Å². The molecule has 2 unspecified atom stereocenters. The zero-order valence-electron chi connectivity index (χ0n) is 14.1. The van der Waals surface area contributed by atoms with Crippen LogP contribution in [-0.2, 0) is 0 Å². The molecule has 2 atom stereocenters. The molecule has 3 rings (SSSR count). The Morgan fingerprint density at radius 3 is 2.82 bits per heavy atom. The van der Waals surface area contributed by atoms with Crippen LogP contribution >= 0.6 is 0 Å². The molecule has 3 heterocycles. The monoisotopic (exact) mass is 305 g/mol. The van der Waals surface area contributed by atoms with Crippen LogP contribution in [-0.4, -0.2) is 55.1 Å². The SMILES string of the molecule is CCC1CNCCN1C(CN1CCC(C)CC1)c1ccco1. The van der Waals surface area contributed by atoms with Crippen LogP contribution in [0.4, 0.5) is 0 Å². The largest absolute Gasteiger partial charge is 0.468 e. The van der Waals surface area contributed by atoms with Gasteiger partial charge < -0.3 is 14.6 Å². The number of piperidine rings is 1. The van der Waals surface area contributed by atoms with E-state index in [9.17, 15) is 0 Å². The van der Waals surface area contributed by atoms with E-state index in [2.05, 4.69) is 35.0 Å². The van der Waals surface area contributed by atoms with E-state index in [-0.39, 0.29) is 0 Å². The van der Waals surface area contributed by atoms with Gasteiger partial charge in [0.15, 0.2) is 0 Å². The lowest BCUT2D eigenvalue weighted by molar-refractivity contribution is 0.0535. The van der Waals surface area contributed by atoms with Gasteiger partial charge in [0.05, 0.1) is 12.3 Å². The summed E-state index contributed by atoms with van der Waals surface area (Å²) in [6.45, 7) is 11.6. The van der Waals surface area contributed by atoms with E-state index in [1.165, 1.54) is 32.4 Å². The van der Waals surface area contributed by atoms with Crippen LogP contribution in [0.2, 0.25) is 0 Å². The number of likely N-dealkylation sites (tertiary alicyclic amines) is 1. The predicted octanol–water partition coefficient (Wildman–Crippen LogP) is 2.74. The van der Waals surface area contributed by atoms with E-state index in [4.69, 9.17) is 4.42 Å². The maximum atomic E-state index is 5.82. The maximum absolute atomic E-state index is 5.82. The molecule has 0 amide bonds. The van der Waals surface area contributed by atoms with Gasteiger partial charge in [-0.2, -0.15) is 0 Å². The van der Waals surface area contributed by atoms with Gasteiger partial charge in [0.25, 0.3) is 0 Å². The Labute approximate surface area is 134 Å². The Bertz CT molecular complexity index is 426. The number of nitrogens with zero attached hydrogens (tertiary/aromatic N) is 2. The number of nitrogens with one attached hydrogen (secondary N) is 1. The van der Waals surface area contributed by atoms with Gasteiger partial charge in [0.1, 0.15) is 5.76 Å². The van der Waals surface area contributed by atoms with Crippen LogP contribution < -0.4 is 5.32 Å². The molecule has 1 aromatic heterocycles. The summed E-state index contributed by atoms with van der Waals surface area (Å²) in [6.07, 6.45) is 5.69. The van der Waals surface area contributed by atoms with E-state index in [0.717, 1.165) is 37.9 Å². The third-order valence-corrected chi connectivity index (χ3v) is 5.45. The molecule has 0 radical (unpaired) electrons. The van der Waals surface area contributed by atoms with Crippen molar-refractivity contribution >= 4 is 0 Å². The van der Waals surface area contributed by atoms with Crippen molar-refractivity contribution in [3.8, 4) is 0 Å². The minimum Gasteiger partial charge on any atom is -0.468 e. The standard InChI is InChI=1S/C18H31N3O/c1-3-16-13-19-8-11-21(16)17(18-5-4-12-22-18)14-20-9-6-15(2)7-10-20/h4-5,12,15-17,19H,3,6-11,13-14H2,1-2H3. The lowest BCUT2D eigenvalue weighted by atomic mass is 9.98. The van der Waals surface area contributed by atoms with Gasteiger partial charge >= 0.3 is 0 Å². The van der Waals surface area contributed by atoms with Gasteiger partial charge in [-0.3, -0.25) is 4.90 Å². The van der Waals surface area contributed by atoms with Crippen LogP contribution in [0.1, 0.15) is 44.9 Å². The van der Waals surface area contributed by atoms with Crippen LogP contribution in [0.3, 0.4) is 0 Å². The van der Waals surface area contributed by atoms with Gasteiger partial charge in [0.2, 0.25) is 0 Å². The molecule has 2 saturated heterocycles. The Balaban J connectivity index is 1.72. The Hall–Kier alpha value is -0.840. The van der Waals surface area contributed by atoms with Crippen molar-refractivity contribution in [2.45, 2.75) is 45.2 Å². The average Bonchev–Trinajstić information content (AvgIpc) is 3.08. The van der Waals surface area contributed by atoms with Gasteiger partial charge in [-0.15, -0.1) is 0 Å². The van der Waals surface area contributed by atoms with E-state index in [1.807, 2.05) is 12.3 Å². The molecule has 2 fully saturated rings. The molecule has 0 bridgehead atoms. The summed E-state index contributed by atoms with van der Waals surface area (Å²) in [7, 11) is 0. The van der Waals surface area contributed by atoms with Gasteiger partial charge in [-0.05, 0) is 50.4 Å². The van der Waals surface area contributed by atoms with Crippen LogP contribution in [0.25, 0.3) is 0 Å². The molecule has 4 nitrogen and oxygen atoms in total. The molecule has 4 heteroatoms. The van der Waals surface area contributed by atoms with Crippen molar-refractivity contribution in [2.75, 3.05) is 39.3 Å². The molecule has 124 valence electrons. The topological polar surface area (TPSA) is 31.6 Å². The highest BCUT2D eigenvalue weighted by molar-refractivity contribution is 5.07. The lowest BCUT2D eigenvalue weighted by Crippen LogP contribution is -2.54. The third kappa shape index (κ3) is 3.73. The first kappa shape index (κ1) is 16.0. The molecule has 22 heavy (non-hydrogen) atoms. The summed E-state index contributed by atoms with van der Waals surface area (Å²) in [6, 6.07) is 5.21. The summed E-state index contributed by atoms with van der Waals surface area (Å²) in [5.74, 6) is 2.03. The molecule has 2 aliphatic rings. The third-order valence-electron chi connectivity index (χ3n) is 5.45. The maximum Gasteiger partial charge on any atom is 0.122 e. The van der Waals surface area contributed by atoms with E-state index < -0.39 is 0 Å². The minimum absolute atomic E-state index is 0.399. The Morgan fingerprint density at radius 1 is 1.32 bits per heavy atom. The molecule has 1 N–H and O–H groups in total. The van der Waals surface area contributed by atoms with E-state index >= 15 is 0 Å². The average molecular weight is 305 g/mol. The number of piperazine rings is 1. The second-order valence-electron chi connectivity index (χ2n) is 7.02. The lowest BCUT2D eigenvalue weighted by Gasteiger charge is -2.43. The summed E-state index contributed by atoms with van der Waals surface area (Å²) in [5, 5.41) is 3.54. The highest BCUT2D eigenvalue weighted by Crippen LogP contribution is 2.28. The fourth-order valence-corrected chi connectivity index (χ4v) is 3.89. The van der Waals surface area contributed by atoms with Crippen LogP contribution in [0, 0.1) is 5.92 Å². The fourth-order valence-electron chi connectivity index (χ4n) is 3.89. The molecular formula is C18H31N3O. The minimum atomic E-state index is 0.399. The Kier molecular flexibility index (Phi) is 5.55. The number of hydrogen-bond acceptors (Lipinski definition) is 4. The predicted molar refractivity (Wildman–Crippen MR) is 89.9 cm³/mol. The summed E-state index contributed by atoms with van der Waals surface area (Å²) < 4.78 is 5.82. The molecule has 1 aromatic rings. The first-order chi connectivity index (χ1) is 10.8. The van der Waals surface area contributed by atoms with Crippen molar-refractivity contribution < 1.29 is 4.42 Å². The summed E-state index contributed by atoms with van der Waals surface area (Å²) in [4.78, 5) is 5.31. The molecule has 0 aliphatic carbocycles. The quantitative estimate of drug-likeness (QED) is 0.906. The first-order valence-electron chi connectivity index (χ1n) is 9.00. The van der Waals surface area contributed by atoms with Crippen LogP contribution in [0.5, 0.6) is 0 Å². The first-order valence-corrected chi connectivity index (χ1v) is 9.00. The van der Waals surface area contributed by atoms with Gasteiger partial charge in [-0.1, -0.05) is 13.8 Å². The van der Waals surface area contributed by atoms with Crippen molar-refractivity contribution in [1.82, 2.24) is 15.1 Å². The zero-order valence-corrected chi connectivity index (χ0v) is 14.1. The Morgan fingerprint density at radius 2 is 2.14 bits per heavy atom. The highest BCUT2D eigenvalue weighted by atomic mass is 16.3. The highest BCUT2D eigenvalue weighted by Gasteiger charge is 2.32. The number of hydrogen-bond donors (Lipinski definition) is 1. The fraction of sp³-hybridized carbons (Fsp3) is 0.778. The van der Waals surface area contributed by atoms with Gasteiger partial charge in [-0.25, -0.2) is 0 Å². The smallest absolute Gasteiger partial charge is 0.122 e. The second kappa shape index (κ2) is 7.62. The van der Waals surface area contributed by atoms with Gasteiger partial charge in [0, 0.05) is 32.2 Å². The molecular weight excluding hydrogens is 274 g/mol. The number of rotatable bonds is 5. The molecule has 0 aromatic carbocycles. The van der Waals surface area contributed by atoms with Crippen LogP contribution in [0.15, 0.2) is 22.8 Å². The molecule has 0 saturated carbocycles. The molecule has 0 spiro atoms. The summed E-state index contributed by atoms with van der Waals surface area (Å²) >= 11 is 0.